The van der Waals surface area contributed by atoms with Crippen LogP contribution in [0.15, 0.2) is 42.1 Å². The minimum atomic E-state index is 0.0201. The number of rotatable bonds is 6. The number of Topliss-reactive ketones (excluding diaryl/α,β-unsaturated/α-hetero) is 1. The van der Waals surface area contributed by atoms with Gasteiger partial charge >= 0.3 is 0 Å². The van der Waals surface area contributed by atoms with E-state index in [1.54, 1.807) is 25.3 Å². The Morgan fingerprint density at radius 3 is 2.65 bits per heavy atom. The van der Waals surface area contributed by atoms with Crippen molar-refractivity contribution in [2.75, 3.05) is 13.7 Å². The summed E-state index contributed by atoms with van der Waals surface area (Å²) in [5.74, 6) is 1.31. The van der Waals surface area contributed by atoms with Gasteiger partial charge in [-0.25, -0.2) is 0 Å². The second kappa shape index (κ2) is 7.36. The zero-order valence-electron chi connectivity index (χ0n) is 14.5. The Morgan fingerprint density at radius 2 is 2.04 bits per heavy atom. The van der Waals surface area contributed by atoms with Crippen molar-refractivity contribution in [2.24, 2.45) is 0 Å². The highest BCUT2D eigenvalue weighted by atomic mass is 16.5. The molecule has 0 amide bonds. The van der Waals surface area contributed by atoms with Crippen molar-refractivity contribution in [1.82, 2.24) is 4.90 Å². The van der Waals surface area contributed by atoms with Crippen molar-refractivity contribution in [3.05, 3.63) is 47.7 Å². The molecule has 4 nitrogen and oxygen atoms in total. The van der Waals surface area contributed by atoms with E-state index in [2.05, 4.69) is 17.9 Å². The Morgan fingerprint density at radius 1 is 1.30 bits per heavy atom. The number of allylic oxidation sites excluding steroid dienone is 3. The van der Waals surface area contributed by atoms with Crippen LogP contribution >= 0.6 is 0 Å². The molecule has 0 aromatic heterocycles. The van der Waals surface area contributed by atoms with Crippen molar-refractivity contribution in [2.45, 2.75) is 39.8 Å². The average molecular weight is 315 g/mol. The molecule has 0 N–H and O–H groups in total. The largest absolute Gasteiger partial charge is 0.493 e. The highest BCUT2D eigenvalue weighted by molar-refractivity contribution is 5.98. The molecule has 1 aromatic rings. The molecule has 0 fully saturated rings. The standard InChI is InChI=1S/C19H25NO3/c1-13(2)23-19-11-16(9-10-18(19)22-5)17(21)12-20-14(3)7-6-8-15(20)4/h6-11,13-14H,12H2,1-5H3. The molecule has 2 rings (SSSR count). The second-order valence-electron chi connectivity index (χ2n) is 6.02. The van der Waals surface area contributed by atoms with Gasteiger partial charge in [0.15, 0.2) is 17.3 Å². The molecule has 0 saturated heterocycles. The van der Waals surface area contributed by atoms with Gasteiger partial charge < -0.3 is 14.4 Å². The van der Waals surface area contributed by atoms with Gasteiger partial charge in [-0.2, -0.15) is 0 Å². The fourth-order valence-corrected chi connectivity index (χ4v) is 2.59. The molecule has 0 aliphatic carbocycles. The van der Waals surface area contributed by atoms with Gasteiger partial charge in [-0.05, 0) is 52.0 Å². The lowest BCUT2D eigenvalue weighted by molar-refractivity contribution is 0.0938. The van der Waals surface area contributed by atoms with Crippen molar-refractivity contribution in [3.8, 4) is 11.5 Å². The van der Waals surface area contributed by atoms with Crippen molar-refractivity contribution in [1.29, 1.82) is 0 Å². The van der Waals surface area contributed by atoms with Crippen molar-refractivity contribution < 1.29 is 14.3 Å². The number of hydrogen-bond donors (Lipinski definition) is 0. The smallest absolute Gasteiger partial charge is 0.182 e. The van der Waals surface area contributed by atoms with E-state index in [0.717, 1.165) is 5.70 Å². The van der Waals surface area contributed by atoms with Crippen LogP contribution in [0.2, 0.25) is 0 Å². The lowest BCUT2D eigenvalue weighted by Gasteiger charge is -2.31. The highest BCUT2D eigenvalue weighted by Gasteiger charge is 2.20. The quantitative estimate of drug-likeness (QED) is 0.748. The molecular weight excluding hydrogens is 290 g/mol. The molecule has 124 valence electrons. The zero-order chi connectivity index (χ0) is 17.0. The number of ether oxygens (including phenoxy) is 2. The summed E-state index contributed by atoms with van der Waals surface area (Å²) in [6.45, 7) is 8.35. The van der Waals surface area contributed by atoms with Gasteiger partial charge in [0.2, 0.25) is 0 Å². The first kappa shape index (κ1) is 17.1. The van der Waals surface area contributed by atoms with Crippen LogP contribution in [0, 0.1) is 0 Å². The van der Waals surface area contributed by atoms with E-state index in [1.807, 2.05) is 32.9 Å². The van der Waals surface area contributed by atoms with E-state index in [1.165, 1.54) is 0 Å². The number of benzene rings is 1. The van der Waals surface area contributed by atoms with Crippen LogP contribution in [-0.2, 0) is 0 Å². The average Bonchev–Trinajstić information content (AvgIpc) is 2.50. The molecule has 1 heterocycles. The SMILES string of the molecule is COc1ccc(C(=O)CN2C(C)=CC=CC2C)cc1OC(C)C. The second-order valence-corrected chi connectivity index (χ2v) is 6.02. The Balaban J connectivity index is 2.19. The third-order valence-electron chi connectivity index (χ3n) is 3.83. The van der Waals surface area contributed by atoms with Crippen LogP contribution in [0.3, 0.4) is 0 Å². The molecule has 1 aromatic carbocycles. The number of carbonyl (C=O) groups is 1. The molecule has 0 saturated carbocycles. The monoisotopic (exact) mass is 315 g/mol. The summed E-state index contributed by atoms with van der Waals surface area (Å²) in [5, 5.41) is 0. The van der Waals surface area contributed by atoms with Gasteiger partial charge in [-0.3, -0.25) is 4.79 Å². The molecule has 0 radical (unpaired) electrons. The van der Waals surface area contributed by atoms with Gasteiger partial charge in [0, 0.05) is 17.3 Å². The van der Waals surface area contributed by atoms with Crippen LogP contribution in [0.5, 0.6) is 11.5 Å². The molecule has 4 heteroatoms. The maximum atomic E-state index is 12.7. The lowest BCUT2D eigenvalue weighted by atomic mass is 10.1. The fourth-order valence-electron chi connectivity index (χ4n) is 2.59. The summed E-state index contributed by atoms with van der Waals surface area (Å²) in [6, 6.07) is 5.56. The van der Waals surface area contributed by atoms with Crippen molar-refractivity contribution in [3.63, 3.8) is 0 Å². The molecule has 23 heavy (non-hydrogen) atoms. The van der Waals surface area contributed by atoms with E-state index < -0.39 is 0 Å². The topological polar surface area (TPSA) is 38.8 Å². The minimum Gasteiger partial charge on any atom is -0.493 e. The fraction of sp³-hybridized carbons (Fsp3) is 0.421. The van der Waals surface area contributed by atoms with Gasteiger partial charge in [0.1, 0.15) is 0 Å². The van der Waals surface area contributed by atoms with Crippen LogP contribution in [0.25, 0.3) is 0 Å². The van der Waals surface area contributed by atoms with E-state index >= 15 is 0 Å². The maximum absolute atomic E-state index is 12.7. The summed E-state index contributed by atoms with van der Waals surface area (Å²) in [6.07, 6.45) is 6.16. The number of carbonyl (C=O) groups excluding carboxylic acids is 1. The molecule has 0 bridgehead atoms. The molecule has 1 aliphatic heterocycles. The lowest BCUT2D eigenvalue weighted by Crippen LogP contribution is -2.36. The Bertz CT molecular complexity index is 632. The van der Waals surface area contributed by atoms with Crippen LogP contribution < -0.4 is 9.47 Å². The molecule has 0 spiro atoms. The normalized spacial score (nSPS) is 17.2. The Hall–Kier alpha value is -2.23. The van der Waals surface area contributed by atoms with Gasteiger partial charge in [0.25, 0.3) is 0 Å². The number of ketones is 1. The van der Waals surface area contributed by atoms with E-state index in [9.17, 15) is 4.79 Å². The van der Waals surface area contributed by atoms with Gasteiger partial charge in [-0.15, -0.1) is 0 Å². The highest BCUT2D eigenvalue weighted by Crippen LogP contribution is 2.29. The number of hydrogen-bond acceptors (Lipinski definition) is 4. The molecular formula is C19H25NO3. The summed E-state index contributed by atoms with van der Waals surface area (Å²) in [4.78, 5) is 14.7. The van der Waals surface area contributed by atoms with E-state index in [0.29, 0.717) is 23.6 Å². The van der Waals surface area contributed by atoms with Crippen molar-refractivity contribution >= 4 is 5.78 Å². The van der Waals surface area contributed by atoms with Crippen LogP contribution in [-0.4, -0.2) is 36.5 Å². The first-order valence-corrected chi connectivity index (χ1v) is 7.92. The predicted octanol–water partition coefficient (Wildman–Crippen LogP) is 3.83. The number of nitrogens with zero attached hydrogens (tertiary/aromatic N) is 1. The van der Waals surface area contributed by atoms with Crippen LogP contribution in [0.4, 0.5) is 0 Å². The van der Waals surface area contributed by atoms with Gasteiger partial charge in [0.05, 0.1) is 19.8 Å². The van der Waals surface area contributed by atoms with Crippen LogP contribution in [0.1, 0.15) is 38.1 Å². The molecule has 1 atom stereocenters. The Labute approximate surface area is 138 Å². The van der Waals surface area contributed by atoms with Gasteiger partial charge in [-0.1, -0.05) is 12.2 Å². The Kier molecular flexibility index (Phi) is 5.48. The summed E-state index contributed by atoms with van der Waals surface area (Å²) >= 11 is 0. The zero-order valence-corrected chi connectivity index (χ0v) is 14.5. The predicted molar refractivity (Wildman–Crippen MR) is 92.2 cm³/mol. The summed E-state index contributed by atoms with van der Waals surface area (Å²) in [5.41, 5.74) is 1.73. The molecule has 1 unspecified atom stereocenters. The maximum Gasteiger partial charge on any atom is 0.182 e. The molecule has 1 aliphatic rings. The summed E-state index contributed by atoms with van der Waals surface area (Å²) < 4.78 is 11.0. The van der Waals surface area contributed by atoms with E-state index in [-0.39, 0.29) is 17.9 Å². The number of methoxy groups -OCH3 is 1. The minimum absolute atomic E-state index is 0.0201. The summed E-state index contributed by atoms with van der Waals surface area (Å²) in [7, 11) is 1.60. The third kappa shape index (κ3) is 4.15. The third-order valence-corrected chi connectivity index (χ3v) is 3.83. The van der Waals surface area contributed by atoms with E-state index in [4.69, 9.17) is 9.47 Å². The first-order chi connectivity index (χ1) is 10.9. The first-order valence-electron chi connectivity index (χ1n) is 7.92.